The van der Waals surface area contributed by atoms with Gasteiger partial charge in [0.25, 0.3) is 0 Å². The SMILES string of the molecule is C=C/C=C\CC(N)C1CC2(CN(C(=O)OC(C)(C)C)C2)C1=O. The number of nitrogens with two attached hydrogens (primary N) is 1. The normalized spacial score (nSPS) is 24.8. The largest absolute Gasteiger partial charge is 0.444 e. The predicted molar refractivity (Wildman–Crippen MR) is 85.3 cm³/mol. The molecular weight excluding hydrogens is 280 g/mol. The number of rotatable bonds is 4. The van der Waals surface area contributed by atoms with Crippen LogP contribution >= 0.6 is 0 Å². The third kappa shape index (κ3) is 3.24. The number of allylic oxidation sites excluding steroid dienone is 2. The van der Waals surface area contributed by atoms with Gasteiger partial charge in [-0.3, -0.25) is 4.79 Å². The minimum Gasteiger partial charge on any atom is -0.444 e. The number of Topliss-reactive ketones (excluding diaryl/α,β-unsaturated/α-hetero) is 1. The van der Waals surface area contributed by atoms with Gasteiger partial charge >= 0.3 is 6.09 Å². The maximum absolute atomic E-state index is 12.4. The van der Waals surface area contributed by atoms with Gasteiger partial charge in [0.15, 0.2) is 0 Å². The van der Waals surface area contributed by atoms with E-state index in [1.807, 2.05) is 32.9 Å². The van der Waals surface area contributed by atoms with E-state index in [1.165, 1.54) is 0 Å². The molecule has 0 aromatic carbocycles. The number of ether oxygens (including phenoxy) is 1. The quantitative estimate of drug-likeness (QED) is 0.809. The lowest BCUT2D eigenvalue weighted by Gasteiger charge is -2.57. The van der Waals surface area contributed by atoms with Crippen LogP contribution in [0.3, 0.4) is 0 Å². The van der Waals surface area contributed by atoms with Crippen molar-refractivity contribution in [2.75, 3.05) is 13.1 Å². The van der Waals surface area contributed by atoms with Crippen molar-refractivity contribution in [1.29, 1.82) is 0 Å². The molecule has 2 rings (SSSR count). The van der Waals surface area contributed by atoms with Crippen molar-refractivity contribution in [1.82, 2.24) is 4.90 Å². The summed E-state index contributed by atoms with van der Waals surface area (Å²) in [5.41, 5.74) is 5.21. The number of likely N-dealkylation sites (tertiary alicyclic amines) is 1. The monoisotopic (exact) mass is 306 g/mol. The Kier molecular flexibility index (Phi) is 4.47. The van der Waals surface area contributed by atoms with Crippen LogP contribution in [-0.2, 0) is 9.53 Å². The van der Waals surface area contributed by atoms with E-state index in [9.17, 15) is 9.59 Å². The van der Waals surface area contributed by atoms with Crippen LogP contribution in [0.25, 0.3) is 0 Å². The van der Waals surface area contributed by atoms with Crippen LogP contribution in [0.15, 0.2) is 24.8 Å². The van der Waals surface area contributed by atoms with E-state index in [4.69, 9.17) is 10.5 Å². The Balaban J connectivity index is 1.81. The number of hydrogen-bond donors (Lipinski definition) is 1. The maximum Gasteiger partial charge on any atom is 0.410 e. The van der Waals surface area contributed by atoms with Crippen LogP contribution in [0.2, 0.25) is 0 Å². The summed E-state index contributed by atoms with van der Waals surface area (Å²) in [7, 11) is 0. The molecule has 0 aromatic rings. The molecule has 1 saturated carbocycles. The minimum atomic E-state index is -0.508. The van der Waals surface area contributed by atoms with Crippen LogP contribution in [-0.4, -0.2) is 41.5 Å². The molecule has 1 saturated heterocycles. The van der Waals surface area contributed by atoms with Gasteiger partial charge in [0.1, 0.15) is 11.4 Å². The first-order chi connectivity index (χ1) is 10.2. The highest BCUT2D eigenvalue weighted by Gasteiger charge is 2.62. The summed E-state index contributed by atoms with van der Waals surface area (Å²) >= 11 is 0. The highest BCUT2D eigenvalue weighted by molar-refractivity contribution is 5.96. The molecule has 5 nitrogen and oxygen atoms in total. The van der Waals surface area contributed by atoms with E-state index in [2.05, 4.69) is 6.58 Å². The lowest BCUT2D eigenvalue weighted by Crippen LogP contribution is -2.71. The van der Waals surface area contributed by atoms with E-state index in [0.717, 1.165) is 6.42 Å². The fraction of sp³-hybridized carbons (Fsp3) is 0.647. The second-order valence-corrected chi connectivity index (χ2v) is 7.36. The summed E-state index contributed by atoms with van der Waals surface area (Å²) < 4.78 is 5.31. The molecule has 122 valence electrons. The zero-order chi connectivity index (χ0) is 16.5. The predicted octanol–water partition coefficient (Wildman–Crippen LogP) is 2.27. The molecule has 1 heterocycles. The number of hydrogen-bond acceptors (Lipinski definition) is 4. The molecule has 1 amide bonds. The molecule has 2 aliphatic rings. The third-order valence-corrected chi connectivity index (χ3v) is 4.31. The molecule has 1 aliphatic heterocycles. The van der Waals surface area contributed by atoms with Gasteiger partial charge in [-0.1, -0.05) is 24.8 Å². The molecule has 2 N–H and O–H groups in total. The summed E-state index contributed by atoms with van der Waals surface area (Å²) in [6, 6.07) is -0.148. The Hall–Kier alpha value is -1.62. The molecule has 2 fully saturated rings. The van der Waals surface area contributed by atoms with Gasteiger partial charge in [0.2, 0.25) is 0 Å². The smallest absolute Gasteiger partial charge is 0.410 e. The Bertz CT molecular complexity index is 499. The van der Waals surface area contributed by atoms with Crippen molar-refractivity contribution in [3.8, 4) is 0 Å². The summed E-state index contributed by atoms with van der Waals surface area (Å²) in [6.45, 7) is 10.0. The molecule has 0 bridgehead atoms. The zero-order valence-corrected chi connectivity index (χ0v) is 13.7. The van der Waals surface area contributed by atoms with Gasteiger partial charge in [-0.15, -0.1) is 0 Å². The number of ketones is 1. The highest BCUT2D eigenvalue weighted by Crippen LogP contribution is 2.50. The van der Waals surface area contributed by atoms with Crippen LogP contribution in [0.5, 0.6) is 0 Å². The van der Waals surface area contributed by atoms with Crippen molar-refractivity contribution >= 4 is 11.9 Å². The molecule has 2 atom stereocenters. The second kappa shape index (κ2) is 5.88. The number of carbonyl (C=O) groups is 2. The van der Waals surface area contributed by atoms with Gasteiger partial charge in [-0.2, -0.15) is 0 Å². The van der Waals surface area contributed by atoms with Crippen molar-refractivity contribution in [2.24, 2.45) is 17.1 Å². The number of amides is 1. The zero-order valence-electron chi connectivity index (χ0n) is 13.7. The lowest BCUT2D eigenvalue weighted by molar-refractivity contribution is -0.163. The fourth-order valence-electron chi connectivity index (χ4n) is 3.14. The average molecular weight is 306 g/mol. The van der Waals surface area contributed by atoms with Crippen molar-refractivity contribution in [2.45, 2.75) is 45.3 Å². The topological polar surface area (TPSA) is 72.6 Å². The molecule has 1 spiro atoms. The van der Waals surface area contributed by atoms with Crippen LogP contribution in [0.1, 0.15) is 33.6 Å². The molecular formula is C17H26N2O3. The van der Waals surface area contributed by atoms with Gasteiger partial charge in [-0.05, 0) is 33.6 Å². The Morgan fingerprint density at radius 2 is 2.18 bits per heavy atom. The Morgan fingerprint density at radius 1 is 1.55 bits per heavy atom. The maximum atomic E-state index is 12.4. The summed E-state index contributed by atoms with van der Waals surface area (Å²) in [4.78, 5) is 25.9. The molecule has 1 aliphatic carbocycles. The average Bonchev–Trinajstić information content (AvgIpc) is 2.33. The fourth-order valence-corrected chi connectivity index (χ4v) is 3.14. The number of carbonyl (C=O) groups excluding carboxylic acids is 2. The Morgan fingerprint density at radius 3 is 2.68 bits per heavy atom. The van der Waals surface area contributed by atoms with Crippen molar-refractivity contribution in [3.05, 3.63) is 24.8 Å². The first-order valence-corrected chi connectivity index (χ1v) is 7.74. The van der Waals surface area contributed by atoms with Gasteiger partial charge in [0, 0.05) is 25.0 Å². The van der Waals surface area contributed by atoms with E-state index in [0.29, 0.717) is 19.5 Å². The summed E-state index contributed by atoms with van der Waals surface area (Å²) in [5, 5.41) is 0. The lowest BCUT2D eigenvalue weighted by atomic mass is 9.54. The van der Waals surface area contributed by atoms with Gasteiger partial charge < -0.3 is 15.4 Å². The van der Waals surface area contributed by atoms with E-state index in [1.54, 1.807) is 11.0 Å². The highest BCUT2D eigenvalue weighted by atomic mass is 16.6. The summed E-state index contributed by atoms with van der Waals surface area (Å²) in [6.07, 6.45) is 6.58. The summed E-state index contributed by atoms with van der Waals surface area (Å²) in [5.74, 6) is 0.113. The molecule has 0 aromatic heterocycles. The van der Waals surface area contributed by atoms with E-state index >= 15 is 0 Å². The van der Waals surface area contributed by atoms with Crippen LogP contribution < -0.4 is 5.73 Å². The molecule has 0 radical (unpaired) electrons. The first kappa shape index (κ1) is 16.7. The third-order valence-electron chi connectivity index (χ3n) is 4.31. The second-order valence-electron chi connectivity index (χ2n) is 7.36. The van der Waals surface area contributed by atoms with Crippen LogP contribution in [0.4, 0.5) is 4.79 Å². The first-order valence-electron chi connectivity index (χ1n) is 7.74. The minimum absolute atomic E-state index is 0.0877. The molecule has 5 heteroatoms. The number of nitrogens with zero attached hydrogens (tertiary/aromatic N) is 1. The Labute approximate surface area is 132 Å². The molecule has 22 heavy (non-hydrogen) atoms. The van der Waals surface area contributed by atoms with Gasteiger partial charge in [0.05, 0.1) is 5.41 Å². The van der Waals surface area contributed by atoms with Crippen LogP contribution in [0, 0.1) is 11.3 Å². The van der Waals surface area contributed by atoms with E-state index < -0.39 is 5.60 Å². The van der Waals surface area contributed by atoms with Gasteiger partial charge in [-0.25, -0.2) is 4.79 Å². The standard InChI is InChI=1S/C17H26N2O3/c1-5-6-7-8-13(18)12-9-17(14(12)20)10-19(11-17)15(21)22-16(2,3)4/h5-7,12-13H,1,8-11,18H2,2-4H3/b7-6-. The van der Waals surface area contributed by atoms with Crippen molar-refractivity contribution in [3.63, 3.8) is 0 Å². The molecule has 2 unspecified atom stereocenters. The van der Waals surface area contributed by atoms with Crippen molar-refractivity contribution < 1.29 is 14.3 Å². The van der Waals surface area contributed by atoms with E-state index in [-0.39, 0.29) is 29.3 Å².